The lowest BCUT2D eigenvalue weighted by atomic mass is 10.2. The van der Waals surface area contributed by atoms with Gasteiger partial charge in [0.2, 0.25) is 0 Å². The third kappa shape index (κ3) is 6.59. The van der Waals surface area contributed by atoms with E-state index in [9.17, 15) is 0 Å². The highest BCUT2D eigenvalue weighted by Gasteiger charge is 1.92. The Balaban J connectivity index is 1.89. The number of unbranched alkanes of at least 4 members (excludes halogenated alkanes) is 1. The van der Waals surface area contributed by atoms with Gasteiger partial charge in [-0.15, -0.1) is 0 Å². The zero-order valence-corrected chi connectivity index (χ0v) is 10.2. The van der Waals surface area contributed by atoms with E-state index >= 15 is 0 Å². The van der Waals surface area contributed by atoms with E-state index in [1.807, 2.05) is 6.07 Å². The van der Waals surface area contributed by atoms with Crippen LogP contribution in [0, 0.1) is 0 Å². The molecule has 2 nitrogen and oxygen atoms in total. The predicted molar refractivity (Wildman–Crippen MR) is 66.7 cm³/mol. The maximum atomic E-state index is 5.49. The maximum absolute atomic E-state index is 5.49. The van der Waals surface area contributed by atoms with Crippen LogP contribution in [0.3, 0.4) is 0 Å². The van der Waals surface area contributed by atoms with E-state index in [1.165, 1.54) is 12.0 Å². The van der Waals surface area contributed by atoms with Gasteiger partial charge in [0.25, 0.3) is 0 Å². The van der Waals surface area contributed by atoms with E-state index in [4.69, 9.17) is 9.47 Å². The second-order valence-electron chi connectivity index (χ2n) is 3.81. The second kappa shape index (κ2) is 9.37. The number of rotatable bonds is 9. The van der Waals surface area contributed by atoms with Gasteiger partial charge in [0, 0.05) is 6.61 Å². The van der Waals surface area contributed by atoms with Crippen molar-refractivity contribution in [3.8, 4) is 0 Å². The molecule has 1 rings (SSSR count). The normalized spacial score (nSPS) is 10.6. The van der Waals surface area contributed by atoms with Crippen molar-refractivity contribution < 1.29 is 9.47 Å². The molecule has 2 heteroatoms. The van der Waals surface area contributed by atoms with Crippen LogP contribution in [0.4, 0.5) is 0 Å². The largest absolute Gasteiger partial charge is 0.379 e. The summed E-state index contributed by atoms with van der Waals surface area (Å²) in [5.41, 5.74) is 1.33. The molecule has 0 fully saturated rings. The Hall–Kier alpha value is -0.860. The molecule has 1 aromatic rings. The molecule has 0 atom stereocenters. The minimum Gasteiger partial charge on any atom is -0.379 e. The lowest BCUT2D eigenvalue weighted by molar-refractivity contribution is 0.0479. The predicted octanol–water partition coefficient (Wildman–Crippen LogP) is 3.06. The molecule has 0 bridgehead atoms. The summed E-state index contributed by atoms with van der Waals surface area (Å²) in [6.07, 6.45) is 3.31. The van der Waals surface area contributed by atoms with Crippen molar-refractivity contribution in [2.24, 2.45) is 0 Å². The van der Waals surface area contributed by atoms with Gasteiger partial charge in [-0.2, -0.15) is 0 Å². The summed E-state index contributed by atoms with van der Waals surface area (Å²) in [5, 5.41) is 0. The zero-order valence-electron chi connectivity index (χ0n) is 10.2. The summed E-state index contributed by atoms with van der Waals surface area (Å²) >= 11 is 0. The lowest BCUT2D eigenvalue weighted by Crippen LogP contribution is -2.07. The van der Waals surface area contributed by atoms with Crippen molar-refractivity contribution in [3.63, 3.8) is 0 Å². The quantitative estimate of drug-likeness (QED) is 0.598. The Kier molecular flexibility index (Phi) is 7.74. The molecule has 0 spiro atoms. The highest BCUT2D eigenvalue weighted by atomic mass is 16.5. The molecule has 0 N–H and O–H groups in total. The van der Waals surface area contributed by atoms with Crippen LogP contribution in [0.15, 0.2) is 30.3 Å². The first kappa shape index (κ1) is 13.2. The fourth-order valence-electron chi connectivity index (χ4n) is 1.40. The Bertz CT molecular complexity index is 246. The molecule has 0 radical (unpaired) electrons. The van der Waals surface area contributed by atoms with Crippen molar-refractivity contribution in [1.82, 2.24) is 0 Å². The minimum absolute atomic E-state index is 0.705. The van der Waals surface area contributed by atoms with Crippen LogP contribution in [0.25, 0.3) is 0 Å². The smallest absolute Gasteiger partial charge is 0.0700 e. The SMILES string of the molecule is CCCCOCCOCCc1ccccc1. The summed E-state index contributed by atoms with van der Waals surface area (Å²) in [7, 11) is 0. The molecule has 0 aliphatic carbocycles. The van der Waals surface area contributed by atoms with Gasteiger partial charge in [0.05, 0.1) is 19.8 Å². The van der Waals surface area contributed by atoms with E-state index in [0.29, 0.717) is 6.61 Å². The first-order valence-electron chi connectivity index (χ1n) is 6.13. The maximum Gasteiger partial charge on any atom is 0.0700 e. The number of benzene rings is 1. The summed E-state index contributed by atoms with van der Waals surface area (Å²) in [5.74, 6) is 0. The summed E-state index contributed by atoms with van der Waals surface area (Å²) in [6.45, 7) is 5.23. The van der Waals surface area contributed by atoms with E-state index in [-0.39, 0.29) is 0 Å². The molecule has 0 saturated carbocycles. The number of ether oxygens (including phenoxy) is 2. The van der Waals surface area contributed by atoms with Gasteiger partial charge in [-0.3, -0.25) is 0 Å². The average Bonchev–Trinajstić information content (AvgIpc) is 2.34. The summed E-state index contributed by atoms with van der Waals surface area (Å²) in [4.78, 5) is 0. The van der Waals surface area contributed by atoms with Gasteiger partial charge in [-0.25, -0.2) is 0 Å². The van der Waals surface area contributed by atoms with Gasteiger partial charge < -0.3 is 9.47 Å². The first-order chi connectivity index (χ1) is 7.93. The third-order valence-electron chi connectivity index (χ3n) is 2.39. The van der Waals surface area contributed by atoms with Crippen molar-refractivity contribution >= 4 is 0 Å². The van der Waals surface area contributed by atoms with Crippen LogP contribution in [-0.4, -0.2) is 26.4 Å². The Labute approximate surface area is 98.6 Å². The minimum atomic E-state index is 0.705. The van der Waals surface area contributed by atoms with Crippen LogP contribution < -0.4 is 0 Å². The van der Waals surface area contributed by atoms with Crippen LogP contribution in [0.5, 0.6) is 0 Å². The monoisotopic (exact) mass is 222 g/mol. The highest BCUT2D eigenvalue weighted by molar-refractivity contribution is 5.14. The number of hydrogen-bond donors (Lipinski definition) is 0. The van der Waals surface area contributed by atoms with Gasteiger partial charge in [-0.05, 0) is 18.4 Å². The van der Waals surface area contributed by atoms with E-state index in [0.717, 1.165) is 32.7 Å². The van der Waals surface area contributed by atoms with E-state index in [2.05, 4.69) is 31.2 Å². The summed E-state index contributed by atoms with van der Waals surface area (Å²) < 4.78 is 10.9. The van der Waals surface area contributed by atoms with Crippen molar-refractivity contribution in [2.75, 3.05) is 26.4 Å². The molecule has 0 amide bonds. The van der Waals surface area contributed by atoms with Crippen molar-refractivity contribution in [2.45, 2.75) is 26.2 Å². The Morgan fingerprint density at radius 3 is 2.25 bits per heavy atom. The molecule has 0 unspecified atom stereocenters. The van der Waals surface area contributed by atoms with Gasteiger partial charge in [-0.1, -0.05) is 43.7 Å². The molecule has 0 heterocycles. The first-order valence-corrected chi connectivity index (χ1v) is 6.13. The number of hydrogen-bond acceptors (Lipinski definition) is 2. The van der Waals surface area contributed by atoms with Crippen molar-refractivity contribution in [1.29, 1.82) is 0 Å². The fraction of sp³-hybridized carbons (Fsp3) is 0.571. The standard InChI is InChI=1S/C14H22O2/c1-2-3-10-15-12-13-16-11-9-14-7-5-4-6-8-14/h4-8H,2-3,9-13H2,1H3. The van der Waals surface area contributed by atoms with Gasteiger partial charge in [0.1, 0.15) is 0 Å². The average molecular weight is 222 g/mol. The highest BCUT2D eigenvalue weighted by Crippen LogP contribution is 1.99. The molecule has 1 aromatic carbocycles. The lowest BCUT2D eigenvalue weighted by Gasteiger charge is -2.05. The molecule has 0 aliphatic rings. The second-order valence-corrected chi connectivity index (χ2v) is 3.81. The van der Waals surface area contributed by atoms with Crippen LogP contribution >= 0.6 is 0 Å². The topological polar surface area (TPSA) is 18.5 Å². The summed E-state index contributed by atoms with van der Waals surface area (Å²) in [6, 6.07) is 10.4. The van der Waals surface area contributed by atoms with Gasteiger partial charge >= 0.3 is 0 Å². The molecule has 0 aliphatic heterocycles. The molecule has 0 saturated heterocycles. The molecular weight excluding hydrogens is 200 g/mol. The van der Waals surface area contributed by atoms with Crippen LogP contribution in [0.1, 0.15) is 25.3 Å². The van der Waals surface area contributed by atoms with Gasteiger partial charge in [0.15, 0.2) is 0 Å². The van der Waals surface area contributed by atoms with E-state index in [1.54, 1.807) is 0 Å². The van der Waals surface area contributed by atoms with Crippen LogP contribution in [0.2, 0.25) is 0 Å². The van der Waals surface area contributed by atoms with Crippen molar-refractivity contribution in [3.05, 3.63) is 35.9 Å². The molecule has 16 heavy (non-hydrogen) atoms. The Morgan fingerprint density at radius 1 is 0.875 bits per heavy atom. The third-order valence-corrected chi connectivity index (χ3v) is 2.39. The van der Waals surface area contributed by atoms with E-state index < -0.39 is 0 Å². The Morgan fingerprint density at radius 2 is 1.56 bits per heavy atom. The molecule has 0 aromatic heterocycles. The molecule has 90 valence electrons. The zero-order chi connectivity index (χ0) is 11.5. The molecular formula is C14H22O2. The van der Waals surface area contributed by atoms with Crippen LogP contribution in [-0.2, 0) is 15.9 Å². The fourth-order valence-corrected chi connectivity index (χ4v) is 1.40.